The smallest absolute Gasteiger partial charge is 0.340 e. The van der Waals surface area contributed by atoms with Crippen LogP contribution in [-0.4, -0.2) is 27.9 Å². The molecule has 5 heteroatoms. The number of aromatic amines is 1. The average molecular weight is 323 g/mol. The maximum atomic E-state index is 12.5. The summed E-state index contributed by atoms with van der Waals surface area (Å²) in [5, 5.41) is 10.8. The summed E-state index contributed by atoms with van der Waals surface area (Å²) in [4.78, 5) is 27.6. The van der Waals surface area contributed by atoms with Crippen LogP contribution in [0, 0.1) is 0 Å². The second-order valence-electron chi connectivity index (χ2n) is 5.50. The van der Waals surface area contributed by atoms with Gasteiger partial charge in [0.05, 0.1) is 0 Å². The lowest BCUT2D eigenvalue weighted by molar-refractivity contribution is -0.156. The molecule has 0 unspecified atom stereocenters. The van der Waals surface area contributed by atoms with Crippen molar-refractivity contribution in [3.63, 3.8) is 0 Å². The molecule has 2 atom stereocenters. The molecule has 0 aliphatic carbocycles. The van der Waals surface area contributed by atoms with Crippen LogP contribution in [0.2, 0.25) is 0 Å². The number of aliphatic hydroxyl groups is 1. The van der Waals surface area contributed by atoms with Gasteiger partial charge in [-0.25, -0.2) is 4.79 Å². The third-order valence-corrected chi connectivity index (χ3v) is 3.86. The highest BCUT2D eigenvalue weighted by Crippen LogP contribution is 2.21. The Morgan fingerprint density at radius 1 is 1.04 bits per heavy atom. The minimum Gasteiger partial charge on any atom is -0.452 e. The number of carbonyl (C=O) groups is 2. The highest BCUT2D eigenvalue weighted by Gasteiger charge is 2.26. The number of para-hydroxylation sites is 1. The van der Waals surface area contributed by atoms with Gasteiger partial charge in [-0.15, -0.1) is 0 Å². The fourth-order valence-corrected chi connectivity index (χ4v) is 2.56. The first-order valence-corrected chi connectivity index (χ1v) is 7.62. The topological polar surface area (TPSA) is 79.4 Å². The predicted molar refractivity (Wildman–Crippen MR) is 89.6 cm³/mol. The van der Waals surface area contributed by atoms with Crippen LogP contribution in [0.4, 0.5) is 0 Å². The van der Waals surface area contributed by atoms with Crippen LogP contribution in [0.5, 0.6) is 0 Å². The van der Waals surface area contributed by atoms with E-state index < -0.39 is 18.2 Å². The minimum absolute atomic E-state index is 0.318. The van der Waals surface area contributed by atoms with Gasteiger partial charge in [-0.2, -0.15) is 0 Å². The molecule has 0 saturated carbocycles. The molecule has 2 aromatic carbocycles. The fourth-order valence-electron chi connectivity index (χ4n) is 2.56. The summed E-state index contributed by atoms with van der Waals surface area (Å²) in [6.45, 7) is 1.50. The quantitative estimate of drug-likeness (QED) is 0.559. The first-order chi connectivity index (χ1) is 11.6. The molecule has 0 bridgehead atoms. The third kappa shape index (κ3) is 3.07. The van der Waals surface area contributed by atoms with E-state index in [0.29, 0.717) is 11.1 Å². The molecule has 0 amide bonds. The highest BCUT2D eigenvalue weighted by molar-refractivity contribution is 6.10. The van der Waals surface area contributed by atoms with E-state index >= 15 is 0 Å². The molecule has 0 radical (unpaired) electrons. The SMILES string of the molecule is C[C@H](OC(=O)[C@@H](O)c1ccccc1)C(=O)c1c[nH]c2ccccc12. The zero-order valence-electron chi connectivity index (χ0n) is 13.1. The summed E-state index contributed by atoms with van der Waals surface area (Å²) in [7, 11) is 0. The lowest BCUT2D eigenvalue weighted by Crippen LogP contribution is -2.27. The van der Waals surface area contributed by atoms with E-state index in [-0.39, 0.29) is 5.78 Å². The molecule has 1 heterocycles. The molecule has 0 fully saturated rings. The second-order valence-corrected chi connectivity index (χ2v) is 5.50. The van der Waals surface area contributed by atoms with Crippen molar-refractivity contribution in [2.75, 3.05) is 0 Å². The zero-order valence-corrected chi connectivity index (χ0v) is 13.1. The van der Waals surface area contributed by atoms with E-state index in [1.807, 2.05) is 24.3 Å². The van der Waals surface area contributed by atoms with Gasteiger partial charge in [-0.1, -0.05) is 48.5 Å². The maximum absolute atomic E-state index is 12.5. The zero-order chi connectivity index (χ0) is 17.1. The largest absolute Gasteiger partial charge is 0.452 e. The molecule has 0 aliphatic heterocycles. The van der Waals surface area contributed by atoms with Gasteiger partial charge in [0.1, 0.15) is 0 Å². The summed E-state index contributed by atoms with van der Waals surface area (Å²) in [5.74, 6) is -1.16. The molecule has 3 rings (SSSR count). The van der Waals surface area contributed by atoms with E-state index in [1.54, 1.807) is 36.5 Å². The van der Waals surface area contributed by atoms with Crippen LogP contribution in [0.15, 0.2) is 60.8 Å². The molecule has 0 saturated heterocycles. The van der Waals surface area contributed by atoms with Crippen molar-refractivity contribution < 1.29 is 19.4 Å². The van der Waals surface area contributed by atoms with Crippen LogP contribution in [0.3, 0.4) is 0 Å². The van der Waals surface area contributed by atoms with E-state index in [2.05, 4.69) is 4.98 Å². The van der Waals surface area contributed by atoms with Gasteiger partial charge in [-0.05, 0) is 18.6 Å². The Morgan fingerprint density at radius 3 is 2.46 bits per heavy atom. The molecule has 3 aromatic rings. The molecular weight excluding hydrogens is 306 g/mol. The Hall–Kier alpha value is -2.92. The van der Waals surface area contributed by atoms with Gasteiger partial charge in [0.25, 0.3) is 0 Å². The lowest BCUT2D eigenvalue weighted by atomic mass is 10.1. The minimum atomic E-state index is -1.41. The summed E-state index contributed by atoms with van der Waals surface area (Å²) >= 11 is 0. The average Bonchev–Trinajstić information content (AvgIpc) is 3.05. The van der Waals surface area contributed by atoms with E-state index in [9.17, 15) is 14.7 Å². The van der Waals surface area contributed by atoms with Crippen LogP contribution in [-0.2, 0) is 9.53 Å². The van der Waals surface area contributed by atoms with Gasteiger partial charge < -0.3 is 14.8 Å². The summed E-state index contributed by atoms with van der Waals surface area (Å²) < 4.78 is 5.15. The molecule has 1 aromatic heterocycles. The molecule has 24 heavy (non-hydrogen) atoms. The molecule has 0 aliphatic rings. The van der Waals surface area contributed by atoms with E-state index in [0.717, 1.165) is 10.9 Å². The first-order valence-electron chi connectivity index (χ1n) is 7.62. The Kier molecular flexibility index (Phi) is 4.44. The normalized spacial score (nSPS) is 13.4. The summed E-state index contributed by atoms with van der Waals surface area (Å²) in [6.07, 6.45) is -0.801. The molecule has 5 nitrogen and oxygen atoms in total. The monoisotopic (exact) mass is 323 g/mol. The van der Waals surface area contributed by atoms with Gasteiger partial charge in [0, 0.05) is 22.7 Å². The van der Waals surface area contributed by atoms with Crippen molar-refractivity contribution in [2.45, 2.75) is 19.1 Å². The van der Waals surface area contributed by atoms with E-state index in [4.69, 9.17) is 4.74 Å². The number of aliphatic hydroxyl groups excluding tert-OH is 1. The third-order valence-electron chi connectivity index (χ3n) is 3.86. The van der Waals surface area contributed by atoms with Gasteiger partial charge in [0.15, 0.2) is 12.2 Å². The summed E-state index contributed by atoms with van der Waals surface area (Å²) in [5.41, 5.74) is 1.72. The van der Waals surface area contributed by atoms with Crippen LogP contribution >= 0.6 is 0 Å². The van der Waals surface area contributed by atoms with Crippen molar-refractivity contribution in [3.05, 3.63) is 71.9 Å². The maximum Gasteiger partial charge on any atom is 0.340 e. The number of carbonyl (C=O) groups excluding carboxylic acids is 2. The van der Waals surface area contributed by atoms with Crippen molar-refractivity contribution in [2.24, 2.45) is 0 Å². The number of ether oxygens (including phenoxy) is 1. The van der Waals surface area contributed by atoms with Gasteiger partial charge in [-0.3, -0.25) is 4.79 Å². The fraction of sp³-hybridized carbons (Fsp3) is 0.158. The van der Waals surface area contributed by atoms with Crippen LogP contribution < -0.4 is 0 Å². The highest BCUT2D eigenvalue weighted by atomic mass is 16.6. The second kappa shape index (κ2) is 6.68. The van der Waals surface area contributed by atoms with Crippen molar-refractivity contribution in [3.8, 4) is 0 Å². The molecule has 2 N–H and O–H groups in total. The number of aromatic nitrogens is 1. The molecular formula is C19H17NO4. The van der Waals surface area contributed by atoms with Gasteiger partial charge >= 0.3 is 5.97 Å². The number of rotatable bonds is 5. The predicted octanol–water partition coefficient (Wildman–Crippen LogP) is 3.02. The number of nitrogens with one attached hydrogen (secondary N) is 1. The molecule has 122 valence electrons. The number of ketones is 1. The number of hydrogen-bond acceptors (Lipinski definition) is 4. The molecule has 0 spiro atoms. The number of Topliss-reactive ketones (excluding diaryl/α,β-unsaturated/α-hetero) is 1. The Balaban J connectivity index is 1.73. The number of benzene rings is 2. The Labute approximate surface area is 138 Å². The van der Waals surface area contributed by atoms with Gasteiger partial charge in [0.2, 0.25) is 5.78 Å². The number of esters is 1. The Morgan fingerprint density at radius 2 is 1.71 bits per heavy atom. The number of H-pyrrole nitrogens is 1. The number of fused-ring (bicyclic) bond motifs is 1. The lowest BCUT2D eigenvalue weighted by Gasteiger charge is -2.15. The van der Waals surface area contributed by atoms with Crippen molar-refractivity contribution >= 4 is 22.7 Å². The van der Waals surface area contributed by atoms with Crippen LogP contribution in [0.25, 0.3) is 10.9 Å². The van der Waals surface area contributed by atoms with Crippen molar-refractivity contribution in [1.29, 1.82) is 0 Å². The number of hydrogen-bond donors (Lipinski definition) is 2. The summed E-state index contributed by atoms with van der Waals surface area (Å²) in [6, 6.07) is 15.9. The standard InChI is InChI=1S/C19H17NO4/c1-12(24-19(23)18(22)13-7-3-2-4-8-13)17(21)15-11-20-16-10-6-5-9-14(15)16/h2-12,18,20,22H,1H3/t12-,18-/m0/s1. The van der Waals surface area contributed by atoms with Crippen LogP contribution in [0.1, 0.15) is 28.9 Å². The Bertz CT molecular complexity index is 869. The first kappa shape index (κ1) is 16.0. The van der Waals surface area contributed by atoms with E-state index in [1.165, 1.54) is 6.92 Å². The van der Waals surface area contributed by atoms with Crippen molar-refractivity contribution in [1.82, 2.24) is 4.98 Å².